The van der Waals surface area contributed by atoms with Crippen LogP contribution in [-0.4, -0.2) is 37.4 Å². The van der Waals surface area contributed by atoms with Crippen LogP contribution in [0.15, 0.2) is 40.0 Å². The molecule has 0 saturated heterocycles. The standard InChI is InChI=1S/C19H25N3O5S/c1-5-12-26-15-9-6-14(7-10-15)8-11-16(23)20-17(13(2)3)18-21-22-19(27-18)28(4,24)25/h6-11,13,17H,5,12H2,1-4H3,(H,20,23)/b11-8+/t17-/m0/s1. The van der Waals surface area contributed by atoms with Crippen molar-refractivity contribution in [3.8, 4) is 5.75 Å². The average molecular weight is 407 g/mol. The third kappa shape index (κ3) is 6.19. The minimum atomic E-state index is -3.60. The molecule has 1 heterocycles. The molecule has 0 saturated carbocycles. The van der Waals surface area contributed by atoms with Crippen LogP contribution in [0.5, 0.6) is 5.75 Å². The Morgan fingerprint density at radius 3 is 2.46 bits per heavy atom. The second-order valence-corrected chi connectivity index (χ2v) is 8.55. The molecule has 0 aliphatic heterocycles. The Hall–Kier alpha value is -2.68. The summed E-state index contributed by atoms with van der Waals surface area (Å²) < 4.78 is 33.7. The van der Waals surface area contributed by atoms with Crippen molar-refractivity contribution in [3.05, 3.63) is 41.8 Å². The molecule has 2 aromatic rings. The number of carbonyl (C=O) groups excluding carboxylic acids is 1. The maximum Gasteiger partial charge on any atom is 0.335 e. The van der Waals surface area contributed by atoms with Crippen molar-refractivity contribution in [2.24, 2.45) is 5.92 Å². The third-order valence-electron chi connectivity index (χ3n) is 3.75. The summed E-state index contributed by atoms with van der Waals surface area (Å²) in [5, 5.41) is 9.59. The maximum atomic E-state index is 12.3. The van der Waals surface area contributed by atoms with Crippen LogP contribution in [0.25, 0.3) is 6.08 Å². The normalized spacial score (nSPS) is 13.0. The van der Waals surface area contributed by atoms with Crippen molar-refractivity contribution in [2.75, 3.05) is 12.9 Å². The molecule has 0 radical (unpaired) electrons. The number of aromatic nitrogens is 2. The lowest BCUT2D eigenvalue weighted by Gasteiger charge is -2.17. The molecule has 0 aliphatic rings. The molecule has 9 heteroatoms. The summed E-state index contributed by atoms with van der Waals surface area (Å²) in [6.45, 7) is 6.41. The number of hydrogen-bond donors (Lipinski definition) is 1. The number of nitrogens with zero attached hydrogens (tertiary/aromatic N) is 2. The van der Waals surface area contributed by atoms with Crippen molar-refractivity contribution < 1.29 is 22.4 Å². The van der Waals surface area contributed by atoms with Gasteiger partial charge in [-0.25, -0.2) is 8.42 Å². The Balaban J connectivity index is 2.04. The summed E-state index contributed by atoms with van der Waals surface area (Å²) in [6, 6.07) is 6.78. The first-order valence-corrected chi connectivity index (χ1v) is 10.8. The fraction of sp³-hybridized carbons (Fsp3) is 0.421. The molecule has 1 amide bonds. The highest BCUT2D eigenvalue weighted by atomic mass is 32.2. The topological polar surface area (TPSA) is 111 Å². The van der Waals surface area contributed by atoms with Gasteiger partial charge in [-0.1, -0.05) is 38.0 Å². The van der Waals surface area contributed by atoms with Crippen molar-refractivity contribution in [2.45, 2.75) is 38.5 Å². The van der Waals surface area contributed by atoms with Crippen LogP contribution in [0, 0.1) is 5.92 Å². The Labute approximate surface area is 164 Å². The number of amides is 1. The fourth-order valence-corrected chi connectivity index (χ4v) is 2.70. The zero-order valence-corrected chi connectivity index (χ0v) is 17.2. The second kappa shape index (κ2) is 9.50. The highest BCUT2D eigenvalue weighted by molar-refractivity contribution is 7.90. The van der Waals surface area contributed by atoms with E-state index >= 15 is 0 Å². The highest BCUT2D eigenvalue weighted by Crippen LogP contribution is 2.22. The minimum absolute atomic E-state index is 0.0506. The van der Waals surface area contributed by atoms with Crippen LogP contribution in [0.4, 0.5) is 0 Å². The number of sulfone groups is 1. The lowest BCUT2D eigenvalue weighted by molar-refractivity contribution is -0.117. The fourth-order valence-electron chi connectivity index (χ4n) is 2.28. The Morgan fingerprint density at radius 1 is 1.25 bits per heavy atom. The van der Waals surface area contributed by atoms with Crippen molar-refractivity contribution in [3.63, 3.8) is 0 Å². The SMILES string of the molecule is CCCOc1ccc(/C=C/C(=O)N[C@H](c2nnc(S(C)(=O)=O)o2)C(C)C)cc1. The van der Waals surface area contributed by atoms with Gasteiger partial charge in [0.25, 0.3) is 0 Å². The molecule has 1 aromatic heterocycles. The van der Waals surface area contributed by atoms with E-state index in [9.17, 15) is 13.2 Å². The van der Waals surface area contributed by atoms with Crippen molar-refractivity contribution in [1.29, 1.82) is 0 Å². The molecule has 1 aromatic carbocycles. The Kier molecular flexibility index (Phi) is 7.33. The zero-order valence-electron chi connectivity index (χ0n) is 16.4. The van der Waals surface area contributed by atoms with E-state index in [1.807, 2.05) is 45.0 Å². The van der Waals surface area contributed by atoms with Gasteiger partial charge >= 0.3 is 5.22 Å². The monoisotopic (exact) mass is 407 g/mol. The minimum Gasteiger partial charge on any atom is -0.494 e. The summed E-state index contributed by atoms with van der Waals surface area (Å²) >= 11 is 0. The van der Waals surface area contributed by atoms with Gasteiger partial charge in [0.15, 0.2) is 0 Å². The molecule has 28 heavy (non-hydrogen) atoms. The van der Waals surface area contributed by atoms with E-state index in [1.54, 1.807) is 6.08 Å². The summed E-state index contributed by atoms with van der Waals surface area (Å²) in [6.07, 6.45) is 4.98. The smallest absolute Gasteiger partial charge is 0.335 e. The Morgan fingerprint density at radius 2 is 1.93 bits per heavy atom. The number of hydrogen-bond acceptors (Lipinski definition) is 7. The van der Waals surface area contributed by atoms with Crippen LogP contribution < -0.4 is 10.1 Å². The largest absolute Gasteiger partial charge is 0.494 e. The van der Waals surface area contributed by atoms with E-state index in [0.717, 1.165) is 24.0 Å². The van der Waals surface area contributed by atoms with E-state index in [4.69, 9.17) is 9.15 Å². The molecular formula is C19H25N3O5S. The molecule has 1 atom stereocenters. The molecule has 2 rings (SSSR count). The number of nitrogens with one attached hydrogen (secondary N) is 1. The molecule has 1 N–H and O–H groups in total. The van der Waals surface area contributed by atoms with Crippen LogP contribution >= 0.6 is 0 Å². The van der Waals surface area contributed by atoms with Gasteiger partial charge in [0.2, 0.25) is 21.6 Å². The maximum absolute atomic E-state index is 12.3. The van der Waals surface area contributed by atoms with Gasteiger partial charge in [-0.2, -0.15) is 0 Å². The van der Waals surface area contributed by atoms with Gasteiger partial charge in [-0.05, 0) is 36.1 Å². The number of rotatable bonds is 9. The Bertz CT molecular complexity index is 917. The second-order valence-electron chi connectivity index (χ2n) is 6.66. The van der Waals surface area contributed by atoms with Gasteiger partial charge < -0.3 is 14.5 Å². The molecule has 0 bridgehead atoms. The molecule has 8 nitrogen and oxygen atoms in total. The van der Waals surface area contributed by atoms with E-state index < -0.39 is 21.1 Å². The molecule has 0 unspecified atom stereocenters. The van der Waals surface area contributed by atoms with Crippen LogP contribution in [0.3, 0.4) is 0 Å². The van der Waals surface area contributed by atoms with Crippen molar-refractivity contribution >= 4 is 21.8 Å². The first-order valence-electron chi connectivity index (χ1n) is 8.95. The lowest BCUT2D eigenvalue weighted by atomic mass is 10.0. The summed E-state index contributed by atoms with van der Waals surface area (Å²) in [5.74, 6) is 0.389. The van der Waals surface area contributed by atoms with Gasteiger partial charge in [0, 0.05) is 12.3 Å². The summed E-state index contributed by atoms with van der Waals surface area (Å²) in [7, 11) is -3.60. The van der Waals surface area contributed by atoms with E-state index in [1.165, 1.54) is 6.08 Å². The van der Waals surface area contributed by atoms with Gasteiger partial charge in [0.1, 0.15) is 11.8 Å². The lowest BCUT2D eigenvalue weighted by Crippen LogP contribution is -2.30. The zero-order chi connectivity index (χ0) is 20.7. The third-order valence-corrected chi connectivity index (χ3v) is 4.55. The predicted octanol–water partition coefficient (Wildman–Crippen LogP) is 2.79. The van der Waals surface area contributed by atoms with Gasteiger partial charge in [-0.3, -0.25) is 4.79 Å². The number of carbonyl (C=O) groups is 1. The summed E-state index contributed by atoms with van der Waals surface area (Å²) in [5.41, 5.74) is 0.845. The molecular weight excluding hydrogens is 382 g/mol. The van der Waals surface area contributed by atoms with Crippen LogP contribution in [0.1, 0.15) is 44.7 Å². The number of ether oxygens (including phenoxy) is 1. The van der Waals surface area contributed by atoms with E-state index in [0.29, 0.717) is 6.61 Å². The van der Waals surface area contributed by atoms with E-state index in [-0.39, 0.29) is 17.7 Å². The van der Waals surface area contributed by atoms with Gasteiger partial charge in [0.05, 0.1) is 6.61 Å². The molecule has 152 valence electrons. The first kappa shape index (κ1) is 21.6. The first-order chi connectivity index (χ1) is 13.2. The average Bonchev–Trinajstić information content (AvgIpc) is 3.13. The quantitative estimate of drug-likeness (QED) is 0.636. The van der Waals surface area contributed by atoms with Gasteiger partial charge in [-0.15, -0.1) is 5.10 Å². The van der Waals surface area contributed by atoms with Crippen LogP contribution in [0.2, 0.25) is 0 Å². The van der Waals surface area contributed by atoms with E-state index in [2.05, 4.69) is 15.5 Å². The number of benzene rings is 1. The van der Waals surface area contributed by atoms with Crippen molar-refractivity contribution in [1.82, 2.24) is 15.5 Å². The van der Waals surface area contributed by atoms with Crippen LogP contribution in [-0.2, 0) is 14.6 Å². The molecule has 0 aliphatic carbocycles. The predicted molar refractivity (Wildman–Crippen MR) is 104 cm³/mol. The highest BCUT2D eigenvalue weighted by Gasteiger charge is 2.26. The molecule has 0 fully saturated rings. The summed E-state index contributed by atoms with van der Waals surface area (Å²) in [4.78, 5) is 12.3. The molecule has 0 spiro atoms.